The lowest BCUT2D eigenvalue weighted by Crippen LogP contribution is -2.17. The largest absolute Gasteiger partial charge is 0.462 e. The number of ether oxygens (including phenoxy) is 1. The van der Waals surface area contributed by atoms with Gasteiger partial charge >= 0.3 is 5.97 Å². The van der Waals surface area contributed by atoms with Crippen molar-refractivity contribution in [2.45, 2.75) is 13.3 Å². The SMILES string of the molecule is CCCOC(=O)c1ccc(NC(=O)CO/N=C\c2nc3cc(Cl)ccc3o2)cc1. The molecule has 1 aromatic heterocycles. The van der Waals surface area contributed by atoms with Gasteiger partial charge in [0, 0.05) is 10.7 Å². The quantitative estimate of drug-likeness (QED) is 0.338. The molecule has 8 nitrogen and oxygen atoms in total. The molecule has 0 saturated carbocycles. The highest BCUT2D eigenvalue weighted by atomic mass is 35.5. The molecule has 0 aliphatic carbocycles. The molecule has 9 heteroatoms. The predicted octanol–water partition coefficient (Wildman–Crippen LogP) is 4.04. The highest BCUT2D eigenvalue weighted by molar-refractivity contribution is 6.31. The van der Waals surface area contributed by atoms with E-state index in [1.807, 2.05) is 6.92 Å². The van der Waals surface area contributed by atoms with E-state index >= 15 is 0 Å². The summed E-state index contributed by atoms with van der Waals surface area (Å²) in [5, 5.41) is 6.85. The number of nitrogens with one attached hydrogen (secondary N) is 1. The van der Waals surface area contributed by atoms with Gasteiger partial charge in [0.15, 0.2) is 12.2 Å². The Labute approximate surface area is 171 Å². The van der Waals surface area contributed by atoms with E-state index in [0.717, 1.165) is 6.42 Å². The fourth-order valence-corrected chi connectivity index (χ4v) is 2.48. The van der Waals surface area contributed by atoms with Crippen LogP contribution in [0.3, 0.4) is 0 Å². The van der Waals surface area contributed by atoms with Gasteiger partial charge in [-0.15, -0.1) is 0 Å². The van der Waals surface area contributed by atoms with E-state index < -0.39 is 11.9 Å². The molecule has 3 aromatic rings. The highest BCUT2D eigenvalue weighted by Crippen LogP contribution is 2.19. The molecule has 0 radical (unpaired) electrons. The first-order valence-electron chi connectivity index (χ1n) is 8.83. The molecule has 0 atom stereocenters. The smallest absolute Gasteiger partial charge is 0.338 e. The van der Waals surface area contributed by atoms with Crippen molar-refractivity contribution in [1.82, 2.24) is 4.98 Å². The van der Waals surface area contributed by atoms with Crippen LogP contribution in [0, 0.1) is 0 Å². The molecule has 0 aliphatic heterocycles. The maximum Gasteiger partial charge on any atom is 0.338 e. The number of oxazole rings is 1. The monoisotopic (exact) mass is 415 g/mol. The zero-order chi connectivity index (χ0) is 20.6. The van der Waals surface area contributed by atoms with Crippen molar-refractivity contribution < 1.29 is 23.6 Å². The summed E-state index contributed by atoms with van der Waals surface area (Å²) in [7, 11) is 0. The highest BCUT2D eigenvalue weighted by Gasteiger charge is 2.08. The predicted molar refractivity (Wildman–Crippen MR) is 108 cm³/mol. The molecule has 1 N–H and O–H groups in total. The van der Waals surface area contributed by atoms with Crippen LogP contribution in [0.15, 0.2) is 52.0 Å². The van der Waals surface area contributed by atoms with Crippen molar-refractivity contribution in [3.63, 3.8) is 0 Å². The van der Waals surface area contributed by atoms with Gasteiger partial charge in [0.2, 0.25) is 5.89 Å². The molecule has 3 rings (SSSR count). The molecule has 0 fully saturated rings. The van der Waals surface area contributed by atoms with Crippen molar-refractivity contribution in [2.75, 3.05) is 18.5 Å². The number of fused-ring (bicyclic) bond motifs is 1. The summed E-state index contributed by atoms with van der Waals surface area (Å²) in [4.78, 5) is 32.8. The fourth-order valence-electron chi connectivity index (χ4n) is 2.32. The lowest BCUT2D eigenvalue weighted by Gasteiger charge is -2.06. The molecule has 0 bridgehead atoms. The third-order valence-corrected chi connectivity index (χ3v) is 3.88. The third-order valence-electron chi connectivity index (χ3n) is 3.64. The molecule has 0 unspecified atom stereocenters. The second-order valence-corrected chi connectivity index (χ2v) is 6.37. The average molecular weight is 416 g/mol. The molecule has 1 amide bonds. The van der Waals surface area contributed by atoms with Crippen LogP contribution < -0.4 is 5.32 Å². The Morgan fingerprint density at radius 2 is 2.03 bits per heavy atom. The van der Waals surface area contributed by atoms with E-state index in [9.17, 15) is 9.59 Å². The minimum absolute atomic E-state index is 0.230. The number of amides is 1. The number of anilines is 1. The first kappa shape index (κ1) is 20.3. The summed E-state index contributed by atoms with van der Waals surface area (Å²) in [6.07, 6.45) is 2.01. The minimum Gasteiger partial charge on any atom is -0.462 e. The minimum atomic E-state index is -0.409. The number of nitrogens with zero attached hydrogens (tertiary/aromatic N) is 2. The van der Waals surface area contributed by atoms with Gasteiger partial charge in [-0.1, -0.05) is 23.7 Å². The first-order valence-corrected chi connectivity index (χ1v) is 9.21. The number of benzene rings is 2. The first-order chi connectivity index (χ1) is 14.0. The average Bonchev–Trinajstić information content (AvgIpc) is 3.12. The molecule has 2 aromatic carbocycles. The summed E-state index contributed by atoms with van der Waals surface area (Å²) in [5.41, 5.74) is 2.09. The Morgan fingerprint density at radius 3 is 2.79 bits per heavy atom. The Bertz CT molecular complexity index is 1030. The zero-order valence-corrected chi connectivity index (χ0v) is 16.3. The molecule has 1 heterocycles. The molecular formula is C20H18ClN3O5. The van der Waals surface area contributed by atoms with Crippen molar-refractivity contribution in [1.29, 1.82) is 0 Å². The maximum atomic E-state index is 11.9. The van der Waals surface area contributed by atoms with E-state index in [2.05, 4.69) is 15.5 Å². The lowest BCUT2D eigenvalue weighted by molar-refractivity contribution is -0.120. The molecule has 29 heavy (non-hydrogen) atoms. The van der Waals surface area contributed by atoms with Crippen LogP contribution in [0.2, 0.25) is 5.02 Å². The summed E-state index contributed by atoms with van der Waals surface area (Å²) in [6.45, 7) is 1.98. The number of rotatable bonds is 8. The number of hydrogen-bond donors (Lipinski definition) is 1. The van der Waals surface area contributed by atoms with Crippen LogP contribution in [0.1, 0.15) is 29.6 Å². The summed E-state index contributed by atoms with van der Waals surface area (Å²) in [5.74, 6) is -0.579. The van der Waals surface area contributed by atoms with E-state index in [0.29, 0.717) is 34.0 Å². The topological polar surface area (TPSA) is 103 Å². The van der Waals surface area contributed by atoms with Gasteiger partial charge < -0.3 is 19.3 Å². The number of oxime groups is 1. The number of esters is 1. The Hall–Kier alpha value is -3.39. The third kappa shape index (κ3) is 5.79. The van der Waals surface area contributed by atoms with Gasteiger partial charge in [-0.2, -0.15) is 0 Å². The summed E-state index contributed by atoms with van der Waals surface area (Å²) >= 11 is 5.89. The van der Waals surface area contributed by atoms with Crippen LogP contribution in [0.25, 0.3) is 11.1 Å². The zero-order valence-electron chi connectivity index (χ0n) is 15.6. The van der Waals surface area contributed by atoms with Gasteiger partial charge in [-0.05, 0) is 48.9 Å². The molecule has 0 spiro atoms. The van der Waals surface area contributed by atoms with Crippen LogP contribution in [-0.4, -0.2) is 36.3 Å². The van der Waals surface area contributed by atoms with Gasteiger partial charge in [0.1, 0.15) is 11.7 Å². The normalized spacial score (nSPS) is 11.0. The van der Waals surface area contributed by atoms with Crippen molar-refractivity contribution in [2.24, 2.45) is 5.16 Å². The van der Waals surface area contributed by atoms with Crippen molar-refractivity contribution in [3.8, 4) is 0 Å². The van der Waals surface area contributed by atoms with E-state index in [-0.39, 0.29) is 12.5 Å². The fraction of sp³-hybridized carbons (Fsp3) is 0.200. The van der Waals surface area contributed by atoms with Crippen molar-refractivity contribution >= 4 is 46.5 Å². The Morgan fingerprint density at radius 1 is 1.24 bits per heavy atom. The number of aromatic nitrogens is 1. The molecule has 0 aliphatic rings. The van der Waals surface area contributed by atoms with Gasteiger partial charge in [-0.25, -0.2) is 9.78 Å². The molecular weight excluding hydrogens is 398 g/mol. The standard InChI is InChI=1S/C20H18ClN3O5/c1-2-9-27-20(26)13-3-6-15(7-4-13)23-18(25)12-28-22-11-19-24-16-10-14(21)5-8-17(16)29-19/h3-8,10-11H,2,9,12H2,1H3,(H,23,25)/b22-11-. The van der Waals surface area contributed by atoms with E-state index in [4.69, 9.17) is 25.6 Å². The molecule has 0 saturated heterocycles. The number of halogens is 1. The van der Waals surface area contributed by atoms with Gasteiger partial charge in [0.05, 0.1) is 12.2 Å². The molecule has 150 valence electrons. The lowest BCUT2D eigenvalue weighted by atomic mass is 10.2. The van der Waals surface area contributed by atoms with E-state index in [1.54, 1.807) is 42.5 Å². The van der Waals surface area contributed by atoms with E-state index in [1.165, 1.54) is 6.21 Å². The number of hydrogen-bond acceptors (Lipinski definition) is 7. The summed E-state index contributed by atoms with van der Waals surface area (Å²) < 4.78 is 10.5. The van der Waals surface area contributed by atoms with Gasteiger partial charge in [0.25, 0.3) is 5.91 Å². The van der Waals surface area contributed by atoms with Crippen LogP contribution in [-0.2, 0) is 14.4 Å². The Balaban J connectivity index is 1.46. The summed E-state index contributed by atoms with van der Waals surface area (Å²) in [6, 6.07) is 11.4. The Kier molecular flexibility index (Phi) is 6.80. The van der Waals surface area contributed by atoms with Crippen LogP contribution in [0.5, 0.6) is 0 Å². The number of carbonyl (C=O) groups is 2. The van der Waals surface area contributed by atoms with Crippen molar-refractivity contribution in [3.05, 3.63) is 58.9 Å². The second-order valence-electron chi connectivity index (χ2n) is 5.93. The van der Waals surface area contributed by atoms with Crippen LogP contribution in [0.4, 0.5) is 5.69 Å². The number of carbonyl (C=O) groups excluding carboxylic acids is 2. The second kappa shape index (κ2) is 9.70. The maximum absolute atomic E-state index is 11.9. The van der Waals surface area contributed by atoms with Gasteiger partial charge in [-0.3, -0.25) is 4.79 Å². The van der Waals surface area contributed by atoms with Crippen LogP contribution >= 0.6 is 11.6 Å².